The zero-order valence-corrected chi connectivity index (χ0v) is 12.1. The minimum Gasteiger partial charge on any atom is -0.463 e. The lowest BCUT2D eigenvalue weighted by molar-refractivity contribution is -0.235. The van der Waals surface area contributed by atoms with Gasteiger partial charge in [-0.05, 0) is 18.0 Å². The SMILES string of the molecule is CC(=O)OC[C@H]1O[C@@H](OCC(=O)Cl)CC[C@@H]1OC(C)=O. The molecule has 1 rings (SSSR count). The summed E-state index contributed by atoms with van der Waals surface area (Å²) in [5.74, 6) is -0.907. The molecule has 114 valence electrons. The highest BCUT2D eigenvalue weighted by Gasteiger charge is 2.34. The molecule has 0 bridgehead atoms. The highest BCUT2D eigenvalue weighted by atomic mass is 35.5. The van der Waals surface area contributed by atoms with Crippen molar-refractivity contribution in [1.82, 2.24) is 0 Å². The molecule has 1 fully saturated rings. The summed E-state index contributed by atoms with van der Waals surface area (Å²) in [4.78, 5) is 32.5. The first-order chi connectivity index (χ1) is 9.38. The molecule has 1 saturated heterocycles. The van der Waals surface area contributed by atoms with Crippen LogP contribution in [0, 0.1) is 0 Å². The number of rotatable bonds is 6. The van der Waals surface area contributed by atoms with Crippen LogP contribution in [0.4, 0.5) is 0 Å². The molecule has 0 aliphatic carbocycles. The van der Waals surface area contributed by atoms with E-state index >= 15 is 0 Å². The van der Waals surface area contributed by atoms with Gasteiger partial charge in [0.25, 0.3) is 0 Å². The Labute approximate surface area is 121 Å². The zero-order valence-electron chi connectivity index (χ0n) is 11.3. The summed E-state index contributed by atoms with van der Waals surface area (Å²) in [6, 6.07) is 0. The van der Waals surface area contributed by atoms with Crippen LogP contribution in [0.15, 0.2) is 0 Å². The van der Waals surface area contributed by atoms with Crippen LogP contribution in [0.3, 0.4) is 0 Å². The summed E-state index contributed by atoms with van der Waals surface area (Å²) in [7, 11) is 0. The van der Waals surface area contributed by atoms with E-state index in [2.05, 4.69) is 0 Å². The molecule has 7 nitrogen and oxygen atoms in total. The standard InChI is InChI=1S/C12H17ClO7/c1-7(14)17-5-10-9(19-8(2)15)3-4-12(20-10)18-6-11(13)16/h9-10,12H,3-6H2,1-2H3/t9-,10+,12+/m0/s1. The van der Waals surface area contributed by atoms with Gasteiger partial charge in [0.1, 0.15) is 25.4 Å². The lowest BCUT2D eigenvalue weighted by atomic mass is 10.1. The third-order valence-electron chi connectivity index (χ3n) is 2.58. The highest BCUT2D eigenvalue weighted by molar-refractivity contribution is 6.63. The van der Waals surface area contributed by atoms with Crippen LogP contribution in [0.5, 0.6) is 0 Å². The molecular weight excluding hydrogens is 292 g/mol. The van der Waals surface area contributed by atoms with Crippen molar-refractivity contribution < 1.29 is 33.3 Å². The molecule has 0 unspecified atom stereocenters. The Morgan fingerprint density at radius 1 is 1.20 bits per heavy atom. The third-order valence-corrected chi connectivity index (χ3v) is 2.69. The fourth-order valence-electron chi connectivity index (χ4n) is 1.81. The molecule has 1 aliphatic rings. The van der Waals surface area contributed by atoms with E-state index in [4.69, 9.17) is 30.5 Å². The largest absolute Gasteiger partial charge is 0.463 e. The number of hydrogen-bond donors (Lipinski definition) is 0. The van der Waals surface area contributed by atoms with E-state index in [9.17, 15) is 14.4 Å². The molecule has 8 heteroatoms. The van der Waals surface area contributed by atoms with Gasteiger partial charge in [0.15, 0.2) is 6.29 Å². The van der Waals surface area contributed by atoms with Crippen molar-refractivity contribution in [3.63, 3.8) is 0 Å². The molecule has 0 amide bonds. The summed E-state index contributed by atoms with van der Waals surface area (Å²) in [5, 5.41) is -0.632. The quantitative estimate of drug-likeness (QED) is 0.529. The average molecular weight is 309 g/mol. The number of halogens is 1. The van der Waals surface area contributed by atoms with Crippen LogP contribution in [0.25, 0.3) is 0 Å². The molecule has 0 aromatic heterocycles. The van der Waals surface area contributed by atoms with Gasteiger partial charge in [-0.3, -0.25) is 14.4 Å². The molecule has 3 atom stereocenters. The van der Waals surface area contributed by atoms with Crippen LogP contribution in [0.1, 0.15) is 26.7 Å². The van der Waals surface area contributed by atoms with E-state index < -0.39 is 35.7 Å². The predicted octanol–water partition coefficient (Wildman–Crippen LogP) is 0.768. The van der Waals surface area contributed by atoms with Gasteiger partial charge in [-0.25, -0.2) is 0 Å². The number of carbonyl (C=O) groups excluding carboxylic acids is 3. The van der Waals surface area contributed by atoms with Gasteiger partial charge < -0.3 is 18.9 Å². The van der Waals surface area contributed by atoms with Crippen LogP contribution >= 0.6 is 11.6 Å². The van der Waals surface area contributed by atoms with Crippen molar-refractivity contribution in [2.45, 2.75) is 45.2 Å². The maximum Gasteiger partial charge on any atom is 0.302 e. The second kappa shape index (κ2) is 8.18. The second-order valence-corrected chi connectivity index (χ2v) is 4.72. The van der Waals surface area contributed by atoms with Gasteiger partial charge in [-0.2, -0.15) is 0 Å². The van der Waals surface area contributed by atoms with Crippen molar-refractivity contribution >= 4 is 28.8 Å². The molecule has 0 N–H and O–H groups in total. The topological polar surface area (TPSA) is 88.1 Å². The normalized spacial score (nSPS) is 25.9. The molecular formula is C12H17ClO7. The van der Waals surface area contributed by atoms with Gasteiger partial charge in [-0.15, -0.1) is 0 Å². The lowest BCUT2D eigenvalue weighted by Gasteiger charge is -2.35. The monoisotopic (exact) mass is 308 g/mol. The van der Waals surface area contributed by atoms with Crippen molar-refractivity contribution in [3.05, 3.63) is 0 Å². The fourth-order valence-corrected chi connectivity index (χ4v) is 1.88. The predicted molar refractivity (Wildman–Crippen MR) is 66.9 cm³/mol. The molecule has 20 heavy (non-hydrogen) atoms. The Morgan fingerprint density at radius 2 is 1.90 bits per heavy atom. The second-order valence-electron chi connectivity index (χ2n) is 4.30. The van der Waals surface area contributed by atoms with Gasteiger partial charge in [0.2, 0.25) is 5.24 Å². The van der Waals surface area contributed by atoms with Gasteiger partial charge in [0.05, 0.1) is 0 Å². The van der Waals surface area contributed by atoms with Gasteiger partial charge >= 0.3 is 11.9 Å². The molecule has 0 saturated carbocycles. The van der Waals surface area contributed by atoms with E-state index in [1.807, 2.05) is 0 Å². The van der Waals surface area contributed by atoms with E-state index in [-0.39, 0.29) is 13.2 Å². The molecule has 0 spiro atoms. The lowest BCUT2D eigenvalue weighted by Crippen LogP contribution is -2.45. The van der Waals surface area contributed by atoms with E-state index in [1.165, 1.54) is 13.8 Å². The van der Waals surface area contributed by atoms with Gasteiger partial charge in [-0.1, -0.05) is 0 Å². The summed E-state index contributed by atoms with van der Waals surface area (Å²) in [5.41, 5.74) is 0. The molecule has 1 heterocycles. The number of ether oxygens (including phenoxy) is 4. The van der Waals surface area contributed by atoms with Gasteiger partial charge in [0, 0.05) is 20.3 Å². The smallest absolute Gasteiger partial charge is 0.302 e. The number of carbonyl (C=O) groups is 3. The third kappa shape index (κ3) is 6.31. The Bertz CT molecular complexity index is 371. The molecule has 0 radical (unpaired) electrons. The minimum absolute atomic E-state index is 0.0536. The fraction of sp³-hybridized carbons (Fsp3) is 0.750. The van der Waals surface area contributed by atoms with Crippen LogP contribution in [-0.2, 0) is 33.3 Å². The molecule has 0 aromatic carbocycles. The van der Waals surface area contributed by atoms with Crippen LogP contribution < -0.4 is 0 Å². The number of hydrogen-bond acceptors (Lipinski definition) is 7. The summed E-state index contributed by atoms with van der Waals surface area (Å²) >= 11 is 5.18. The van der Waals surface area contributed by atoms with E-state index in [0.29, 0.717) is 12.8 Å². The Balaban J connectivity index is 2.54. The Morgan fingerprint density at radius 3 is 2.45 bits per heavy atom. The summed E-state index contributed by atoms with van der Waals surface area (Å²) < 4.78 is 20.6. The van der Waals surface area contributed by atoms with Crippen molar-refractivity contribution in [2.24, 2.45) is 0 Å². The summed E-state index contributed by atoms with van der Waals surface area (Å²) in [6.07, 6.45) is -0.874. The van der Waals surface area contributed by atoms with E-state index in [0.717, 1.165) is 0 Å². The summed E-state index contributed by atoms with van der Waals surface area (Å²) in [6.45, 7) is 2.23. The molecule has 0 aromatic rings. The maximum absolute atomic E-state index is 11.0. The van der Waals surface area contributed by atoms with E-state index in [1.54, 1.807) is 0 Å². The first kappa shape index (κ1) is 16.9. The average Bonchev–Trinajstić information content (AvgIpc) is 2.35. The van der Waals surface area contributed by atoms with Crippen molar-refractivity contribution in [1.29, 1.82) is 0 Å². The first-order valence-corrected chi connectivity index (χ1v) is 6.52. The Hall–Kier alpha value is -1.18. The zero-order chi connectivity index (χ0) is 15.1. The van der Waals surface area contributed by atoms with Crippen LogP contribution in [-0.4, -0.2) is 48.9 Å². The molecule has 1 aliphatic heterocycles. The Kier molecular flexibility index (Phi) is 6.90. The minimum atomic E-state index is -0.648. The van der Waals surface area contributed by atoms with Crippen LogP contribution in [0.2, 0.25) is 0 Å². The number of esters is 2. The van der Waals surface area contributed by atoms with Crippen molar-refractivity contribution in [2.75, 3.05) is 13.2 Å². The first-order valence-electron chi connectivity index (χ1n) is 6.14. The van der Waals surface area contributed by atoms with Crippen molar-refractivity contribution in [3.8, 4) is 0 Å². The maximum atomic E-state index is 11.0. The highest BCUT2D eigenvalue weighted by Crippen LogP contribution is 2.23.